The zero-order valence-corrected chi connectivity index (χ0v) is 18.5. The van der Waals surface area contributed by atoms with Crippen LogP contribution in [0.3, 0.4) is 0 Å². The summed E-state index contributed by atoms with van der Waals surface area (Å²) in [5.74, 6) is -1.17. The van der Waals surface area contributed by atoms with Crippen molar-refractivity contribution >= 4 is 28.3 Å². The van der Waals surface area contributed by atoms with Crippen LogP contribution in [0.25, 0.3) is 27.5 Å². The van der Waals surface area contributed by atoms with Crippen molar-refractivity contribution < 1.29 is 27.1 Å². The summed E-state index contributed by atoms with van der Waals surface area (Å²) in [7, 11) is 0. The zero-order chi connectivity index (χ0) is 24.7. The van der Waals surface area contributed by atoms with Crippen LogP contribution in [0.5, 0.6) is 5.88 Å². The van der Waals surface area contributed by atoms with E-state index in [1.54, 1.807) is 36.5 Å². The van der Waals surface area contributed by atoms with Crippen molar-refractivity contribution in [1.82, 2.24) is 24.5 Å². The summed E-state index contributed by atoms with van der Waals surface area (Å²) >= 11 is 0. The van der Waals surface area contributed by atoms with E-state index in [1.807, 2.05) is 6.07 Å². The number of carbonyl (C=O) groups excluding carboxylic acids is 1. The lowest BCUT2D eigenvalue weighted by Gasteiger charge is -2.34. The standard InChI is InChI=1S/C23H20F4N6O2/c1-13(34)32-9-7-19(17(24)12-32)29-22-30-21(35-23(25,26)27)20-16(6-10-33(20)31-22)14-4-5-18-15(11-14)3-2-8-28-18/h2-6,8,10-11,17,19H,7,9,12H2,1H3,(H,29,31)/t17-,19+/m1/s1. The Labute approximate surface area is 196 Å². The molecule has 0 bridgehead atoms. The number of likely N-dealkylation sites (tertiary alicyclic amines) is 1. The number of hydrogen-bond donors (Lipinski definition) is 1. The molecule has 35 heavy (non-hydrogen) atoms. The second-order valence-electron chi connectivity index (χ2n) is 8.24. The highest BCUT2D eigenvalue weighted by molar-refractivity contribution is 5.90. The summed E-state index contributed by atoms with van der Waals surface area (Å²) < 4.78 is 59.9. The van der Waals surface area contributed by atoms with E-state index in [9.17, 15) is 22.4 Å². The highest BCUT2D eigenvalue weighted by Gasteiger charge is 2.35. The number of fused-ring (bicyclic) bond motifs is 2. The third-order valence-electron chi connectivity index (χ3n) is 5.91. The van der Waals surface area contributed by atoms with Crippen molar-refractivity contribution in [2.45, 2.75) is 31.9 Å². The molecule has 2 atom stereocenters. The van der Waals surface area contributed by atoms with Crippen LogP contribution in [-0.2, 0) is 4.79 Å². The van der Waals surface area contributed by atoms with E-state index < -0.39 is 24.5 Å². The SMILES string of the molecule is CC(=O)N1CC[C@H](Nc2nc(OC(F)(F)F)c3c(-c4ccc5ncccc5c4)ccn3n2)[C@H](F)C1. The molecule has 1 amide bonds. The van der Waals surface area contributed by atoms with E-state index in [0.29, 0.717) is 17.7 Å². The molecule has 182 valence electrons. The molecule has 12 heteroatoms. The first kappa shape index (κ1) is 22.8. The summed E-state index contributed by atoms with van der Waals surface area (Å²) in [6.45, 7) is 1.55. The average Bonchev–Trinajstić information content (AvgIpc) is 3.23. The second-order valence-corrected chi connectivity index (χ2v) is 8.24. The highest BCUT2D eigenvalue weighted by Crippen LogP contribution is 2.35. The molecule has 1 aliphatic rings. The number of carbonyl (C=O) groups is 1. The third kappa shape index (κ3) is 4.68. The van der Waals surface area contributed by atoms with E-state index in [1.165, 1.54) is 22.5 Å². The number of piperidine rings is 1. The Balaban J connectivity index is 1.53. The van der Waals surface area contributed by atoms with Crippen LogP contribution in [0.1, 0.15) is 13.3 Å². The maximum atomic E-state index is 14.6. The van der Waals surface area contributed by atoms with Gasteiger partial charge in [-0.1, -0.05) is 12.1 Å². The molecule has 0 unspecified atom stereocenters. The van der Waals surface area contributed by atoms with Gasteiger partial charge in [0.25, 0.3) is 5.88 Å². The number of aromatic nitrogens is 4. The van der Waals surface area contributed by atoms with Gasteiger partial charge >= 0.3 is 6.36 Å². The molecule has 8 nitrogen and oxygen atoms in total. The normalized spacial score (nSPS) is 18.7. The first-order chi connectivity index (χ1) is 16.7. The molecule has 5 rings (SSSR count). The number of alkyl halides is 4. The van der Waals surface area contributed by atoms with E-state index in [-0.39, 0.29) is 30.3 Å². The molecular formula is C23H20F4N6O2. The van der Waals surface area contributed by atoms with Crippen LogP contribution in [0.2, 0.25) is 0 Å². The predicted molar refractivity (Wildman–Crippen MR) is 120 cm³/mol. The monoisotopic (exact) mass is 488 g/mol. The summed E-state index contributed by atoms with van der Waals surface area (Å²) in [5, 5.41) is 7.83. The fourth-order valence-corrected chi connectivity index (χ4v) is 4.23. The minimum atomic E-state index is -5.00. The first-order valence-corrected chi connectivity index (χ1v) is 10.8. The second kappa shape index (κ2) is 8.67. The van der Waals surface area contributed by atoms with Crippen LogP contribution < -0.4 is 10.1 Å². The number of amides is 1. The van der Waals surface area contributed by atoms with Crippen LogP contribution in [0.4, 0.5) is 23.5 Å². The van der Waals surface area contributed by atoms with Crippen LogP contribution >= 0.6 is 0 Å². The van der Waals surface area contributed by atoms with Gasteiger partial charge in [0.05, 0.1) is 18.1 Å². The van der Waals surface area contributed by atoms with Gasteiger partial charge in [-0.2, -0.15) is 4.98 Å². The average molecular weight is 488 g/mol. The fourth-order valence-electron chi connectivity index (χ4n) is 4.23. The number of halogens is 4. The number of nitrogens with one attached hydrogen (secondary N) is 1. The number of benzene rings is 1. The fraction of sp³-hybridized carbons (Fsp3) is 0.304. The number of pyridine rings is 1. The molecule has 1 saturated heterocycles. The topological polar surface area (TPSA) is 84.7 Å². The molecule has 1 fully saturated rings. The van der Waals surface area contributed by atoms with Gasteiger partial charge in [0.1, 0.15) is 11.7 Å². The van der Waals surface area contributed by atoms with Gasteiger partial charge in [-0.3, -0.25) is 9.78 Å². The lowest BCUT2D eigenvalue weighted by atomic mass is 10.0. The molecule has 1 N–H and O–H groups in total. The quantitative estimate of drug-likeness (QED) is 0.433. The number of hydrogen-bond acceptors (Lipinski definition) is 6. The molecule has 3 aromatic heterocycles. The smallest absolute Gasteiger partial charge is 0.385 e. The lowest BCUT2D eigenvalue weighted by molar-refractivity contribution is -0.275. The van der Waals surface area contributed by atoms with Gasteiger partial charge in [-0.05, 0) is 36.2 Å². The molecule has 0 aliphatic carbocycles. The van der Waals surface area contributed by atoms with Crippen molar-refractivity contribution in [2.24, 2.45) is 0 Å². The van der Waals surface area contributed by atoms with E-state index in [4.69, 9.17) is 0 Å². The largest absolute Gasteiger partial charge is 0.574 e. The van der Waals surface area contributed by atoms with Crippen molar-refractivity contribution in [3.63, 3.8) is 0 Å². The summed E-state index contributed by atoms with van der Waals surface area (Å²) in [4.78, 5) is 21.1. The molecule has 0 spiro atoms. The van der Waals surface area contributed by atoms with E-state index >= 15 is 0 Å². The molecule has 0 saturated carbocycles. The Hall–Kier alpha value is -3.96. The van der Waals surface area contributed by atoms with E-state index in [0.717, 1.165) is 10.9 Å². The Morgan fingerprint density at radius 2 is 2.06 bits per heavy atom. The Bertz CT molecular complexity index is 1410. The molecule has 0 radical (unpaired) electrons. The van der Waals surface area contributed by atoms with Gasteiger partial charge in [0.15, 0.2) is 0 Å². The lowest BCUT2D eigenvalue weighted by Crippen LogP contribution is -2.49. The molecule has 1 aromatic carbocycles. The van der Waals surface area contributed by atoms with Crippen LogP contribution in [0, 0.1) is 0 Å². The Morgan fingerprint density at radius 3 is 2.80 bits per heavy atom. The Kier molecular flexibility index (Phi) is 5.65. The van der Waals surface area contributed by atoms with Crippen molar-refractivity contribution in [2.75, 3.05) is 18.4 Å². The molecule has 4 heterocycles. The number of ether oxygens (including phenoxy) is 1. The van der Waals surface area contributed by atoms with Crippen molar-refractivity contribution in [1.29, 1.82) is 0 Å². The number of nitrogens with zero attached hydrogens (tertiary/aromatic N) is 5. The molecule has 4 aromatic rings. The van der Waals surface area contributed by atoms with Gasteiger partial charge in [-0.25, -0.2) is 8.91 Å². The zero-order valence-electron chi connectivity index (χ0n) is 18.5. The van der Waals surface area contributed by atoms with Crippen LogP contribution in [0.15, 0.2) is 48.8 Å². The van der Waals surface area contributed by atoms with Crippen molar-refractivity contribution in [3.05, 3.63) is 48.8 Å². The minimum Gasteiger partial charge on any atom is -0.385 e. The Morgan fingerprint density at radius 1 is 1.23 bits per heavy atom. The molecular weight excluding hydrogens is 468 g/mol. The van der Waals surface area contributed by atoms with E-state index in [2.05, 4.69) is 25.1 Å². The number of anilines is 1. The number of rotatable bonds is 4. The predicted octanol–water partition coefficient (Wildman–Crippen LogP) is 4.21. The van der Waals surface area contributed by atoms with Gasteiger partial charge in [0.2, 0.25) is 11.9 Å². The maximum Gasteiger partial charge on any atom is 0.574 e. The maximum absolute atomic E-state index is 14.6. The summed E-state index contributed by atoms with van der Waals surface area (Å²) in [6, 6.07) is 9.76. The minimum absolute atomic E-state index is 0.0133. The summed E-state index contributed by atoms with van der Waals surface area (Å²) in [6.07, 6.45) is -3.06. The first-order valence-electron chi connectivity index (χ1n) is 10.8. The molecule has 1 aliphatic heterocycles. The van der Waals surface area contributed by atoms with Gasteiger partial charge in [-0.15, -0.1) is 18.3 Å². The third-order valence-corrected chi connectivity index (χ3v) is 5.91. The summed E-state index contributed by atoms with van der Waals surface area (Å²) in [5.41, 5.74) is 1.81. The van der Waals surface area contributed by atoms with Crippen molar-refractivity contribution in [3.8, 4) is 17.0 Å². The van der Waals surface area contributed by atoms with Gasteiger partial charge in [0, 0.05) is 36.8 Å². The van der Waals surface area contributed by atoms with Gasteiger partial charge < -0.3 is 15.0 Å². The highest BCUT2D eigenvalue weighted by atomic mass is 19.4. The van der Waals surface area contributed by atoms with Crippen LogP contribution in [-0.4, -0.2) is 62.1 Å².